The second-order valence-electron chi connectivity index (χ2n) is 6.11. The maximum absolute atomic E-state index is 13.5. The monoisotopic (exact) mass is 339 g/mol. The van der Waals surface area contributed by atoms with E-state index in [0.717, 1.165) is 6.42 Å². The van der Waals surface area contributed by atoms with Crippen LogP contribution in [0.2, 0.25) is 0 Å². The highest BCUT2D eigenvalue weighted by molar-refractivity contribution is 9.10. The topological polar surface area (TPSA) is 20.3 Å². The van der Waals surface area contributed by atoms with Crippen molar-refractivity contribution in [3.05, 3.63) is 45.7 Å². The number of rotatable bonds is 1. The fourth-order valence-electron chi connectivity index (χ4n) is 2.35. The van der Waals surface area contributed by atoms with Crippen LogP contribution in [-0.4, -0.2) is 23.9 Å². The molecule has 0 saturated heterocycles. The van der Waals surface area contributed by atoms with Gasteiger partial charge in [-0.15, -0.1) is 0 Å². The van der Waals surface area contributed by atoms with Crippen molar-refractivity contribution >= 4 is 21.8 Å². The van der Waals surface area contributed by atoms with Crippen LogP contribution in [0.4, 0.5) is 4.39 Å². The lowest BCUT2D eigenvalue weighted by molar-refractivity contribution is 0.0764. The minimum absolute atomic E-state index is 0.111. The summed E-state index contributed by atoms with van der Waals surface area (Å²) >= 11 is 3.09. The molecule has 20 heavy (non-hydrogen) atoms. The Labute approximate surface area is 127 Å². The molecule has 1 amide bonds. The van der Waals surface area contributed by atoms with E-state index in [1.807, 2.05) is 0 Å². The third kappa shape index (κ3) is 3.29. The van der Waals surface area contributed by atoms with Crippen LogP contribution in [0.5, 0.6) is 0 Å². The molecule has 0 fully saturated rings. The maximum Gasteiger partial charge on any atom is 0.254 e. The molecule has 1 aromatic rings. The van der Waals surface area contributed by atoms with E-state index in [9.17, 15) is 9.18 Å². The van der Waals surface area contributed by atoms with Gasteiger partial charge in [-0.05, 0) is 46.0 Å². The van der Waals surface area contributed by atoms with Crippen molar-refractivity contribution in [2.45, 2.75) is 27.2 Å². The molecule has 1 aromatic carbocycles. The standard InChI is InChI=1S/C16H19BrFNO/c1-16(2,3)12-6-8-19(9-7-12)15(20)11-4-5-13(17)14(18)10-11/h4-6,10H,7-9H2,1-3H3. The van der Waals surface area contributed by atoms with Crippen molar-refractivity contribution in [3.8, 4) is 0 Å². The maximum atomic E-state index is 13.5. The number of carbonyl (C=O) groups is 1. The molecule has 0 radical (unpaired) electrons. The van der Waals surface area contributed by atoms with Gasteiger partial charge >= 0.3 is 0 Å². The second-order valence-corrected chi connectivity index (χ2v) is 6.96. The number of benzene rings is 1. The van der Waals surface area contributed by atoms with Crippen LogP contribution in [-0.2, 0) is 0 Å². The Bertz CT molecular complexity index is 560. The van der Waals surface area contributed by atoms with E-state index < -0.39 is 5.82 Å². The normalized spacial score (nSPS) is 16.1. The third-order valence-corrected chi connectivity index (χ3v) is 4.27. The summed E-state index contributed by atoms with van der Waals surface area (Å²) < 4.78 is 13.9. The zero-order chi connectivity index (χ0) is 14.9. The van der Waals surface area contributed by atoms with Gasteiger partial charge in [0.1, 0.15) is 5.82 Å². The molecule has 108 valence electrons. The molecular formula is C16H19BrFNO. The Morgan fingerprint density at radius 2 is 2.05 bits per heavy atom. The molecule has 0 unspecified atom stereocenters. The van der Waals surface area contributed by atoms with E-state index in [0.29, 0.717) is 23.1 Å². The van der Waals surface area contributed by atoms with Crippen LogP contribution in [0.3, 0.4) is 0 Å². The van der Waals surface area contributed by atoms with E-state index >= 15 is 0 Å². The Morgan fingerprint density at radius 1 is 1.35 bits per heavy atom. The summed E-state index contributed by atoms with van der Waals surface area (Å²) in [5.41, 5.74) is 1.93. The summed E-state index contributed by atoms with van der Waals surface area (Å²) in [4.78, 5) is 14.1. The number of nitrogens with zero attached hydrogens (tertiary/aromatic N) is 1. The van der Waals surface area contributed by atoms with Crippen molar-refractivity contribution in [1.29, 1.82) is 0 Å². The highest BCUT2D eigenvalue weighted by atomic mass is 79.9. The quantitative estimate of drug-likeness (QED) is 0.694. The molecule has 0 atom stereocenters. The zero-order valence-electron chi connectivity index (χ0n) is 12.0. The van der Waals surface area contributed by atoms with Crippen LogP contribution in [0.25, 0.3) is 0 Å². The lowest BCUT2D eigenvalue weighted by Gasteiger charge is -2.32. The van der Waals surface area contributed by atoms with Gasteiger partial charge in [0.05, 0.1) is 4.47 Å². The van der Waals surface area contributed by atoms with Crippen molar-refractivity contribution in [1.82, 2.24) is 4.90 Å². The number of hydrogen-bond acceptors (Lipinski definition) is 1. The largest absolute Gasteiger partial charge is 0.335 e. The van der Waals surface area contributed by atoms with Gasteiger partial charge < -0.3 is 4.90 Å². The van der Waals surface area contributed by atoms with E-state index in [-0.39, 0.29) is 11.3 Å². The van der Waals surface area contributed by atoms with E-state index in [1.54, 1.807) is 17.0 Å². The molecular weight excluding hydrogens is 321 g/mol. The molecule has 0 N–H and O–H groups in total. The van der Waals surface area contributed by atoms with Gasteiger partial charge in [0, 0.05) is 18.7 Å². The van der Waals surface area contributed by atoms with E-state index in [4.69, 9.17) is 0 Å². The number of halogens is 2. The molecule has 1 aliphatic rings. The van der Waals surface area contributed by atoms with E-state index in [2.05, 4.69) is 42.8 Å². The fourth-order valence-corrected chi connectivity index (χ4v) is 2.59. The van der Waals surface area contributed by atoms with Crippen molar-refractivity contribution in [2.24, 2.45) is 5.41 Å². The molecule has 1 aliphatic heterocycles. The smallest absolute Gasteiger partial charge is 0.254 e. The molecule has 2 rings (SSSR count). The number of amides is 1. The Balaban J connectivity index is 2.12. The summed E-state index contributed by atoms with van der Waals surface area (Å²) in [6.07, 6.45) is 3.00. The Hall–Kier alpha value is -1.16. The first-order valence-electron chi connectivity index (χ1n) is 6.73. The minimum atomic E-state index is -0.404. The first-order valence-corrected chi connectivity index (χ1v) is 7.52. The van der Waals surface area contributed by atoms with Crippen LogP contribution in [0.15, 0.2) is 34.3 Å². The fraction of sp³-hybridized carbons (Fsp3) is 0.438. The molecule has 0 spiro atoms. The van der Waals surface area contributed by atoms with Gasteiger partial charge in [-0.1, -0.05) is 32.4 Å². The SMILES string of the molecule is CC(C)(C)C1=CCN(C(=O)c2ccc(Br)c(F)c2)CC1. The van der Waals surface area contributed by atoms with Gasteiger partial charge in [-0.3, -0.25) is 4.79 Å². The highest BCUT2D eigenvalue weighted by Gasteiger charge is 2.24. The Kier molecular flexibility index (Phi) is 4.33. The second kappa shape index (κ2) is 5.68. The predicted molar refractivity (Wildman–Crippen MR) is 82.2 cm³/mol. The molecule has 2 nitrogen and oxygen atoms in total. The average Bonchev–Trinajstić information content (AvgIpc) is 2.40. The average molecular weight is 340 g/mol. The van der Waals surface area contributed by atoms with Crippen molar-refractivity contribution < 1.29 is 9.18 Å². The number of hydrogen-bond donors (Lipinski definition) is 0. The molecule has 0 aromatic heterocycles. The summed E-state index contributed by atoms with van der Waals surface area (Å²) in [5.74, 6) is -0.514. The zero-order valence-corrected chi connectivity index (χ0v) is 13.6. The lowest BCUT2D eigenvalue weighted by Crippen LogP contribution is -2.36. The van der Waals surface area contributed by atoms with Crippen LogP contribution in [0.1, 0.15) is 37.6 Å². The van der Waals surface area contributed by atoms with Crippen LogP contribution < -0.4 is 0 Å². The van der Waals surface area contributed by atoms with Gasteiger partial charge in [0.15, 0.2) is 0 Å². The van der Waals surface area contributed by atoms with Gasteiger partial charge in [0.2, 0.25) is 0 Å². The molecule has 0 aliphatic carbocycles. The molecule has 0 bridgehead atoms. The van der Waals surface area contributed by atoms with Crippen molar-refractivity contribution in [2.75, 3.05) is 13.1 Å². The van der Waals surface area contributed by atoms with Crippen LogP contribution in [0, 0.1) is 11.2 Å². The third-order valence-electron chi connectivity index (χ3n) is 3.63. The van der Waals surface area contributed by atoms with Crippen LogP contribution >= 0.6 is 15.9 Å². The summed E-state index contributed by atoms with van der Waals surface area (Å²) in [7, 11) is 0. The lowest BCUT2D eigenvalue weighted by atomic mass is 9.83. The van der Waals surface area contributed by atoms with Gasteiger partial charge in [-0.25, -0.2) is 4.39 Å². The summed E-state index contributed by atoms with van der Waals surface area (Å²) in [5, 5.41) is 0. The minimum Gasteiger partial charge on any atom is -0.335 e. The van der Waals surface area contributed by atoms with E-state index in [1.165, 1.54) is 11.6 Å². The van der Waals surface area contributed by atoms with Gasteiger partial charge in [0.25, 0.3) is 5.91 Å². The Morgan fingerprint density at radius 3 is 2.55 bits per heavy atom. The molecule has 1 heterocycles. The molecule has 0 saturated carbocycles. The molecule has 4 heteroatoms. The number of carbonyl (C=O) groups excluding carboxylic acids is 1. The first-order chi connectivity index (χ1) is 9.29. The summed E-state index contributed by atoms with van der Waals surface area (Å²) in [6.45, 7) is 7.84. The van der Waals surface area contributed by atoms with Gasteiger partial charge in [-0.2, -0.15) is 0 Å². The van der Waals surface area contributed by atoms with Crippen molar-refractivity contribution in [3.63, 3.8) is 0 Å². The predicted octanol–water partition coefficient (Wildman–Crippen LogP) is 4.41. The first kappa shape index (κ1) is 15.2. The highest BCUT2D eigenvalue weighted by Crippen LogP contribution is 2.30. The summed E-state index contributed by atoms with van der Waals surface area (Å²) in [6, 6.07) is 4.51.